The molecule has 2 saturated heterocycles. The Balaban J connectivity index is 1.61. The lowest BCUT2D eigenvalue weighted by molar-refractivity contribution is -0.160. The number of hydrogen-bond acceptors (Lipinski definition) is 4. The minimum atomic E-state index is -1.30. The lowest BCUT2D eigenvalue weighted by Gasteiger charge is -2.43. The van der Waals surface area contributed by atoms with Crippen molar-refractivity contribution in [1.82, 2.24) is 14.7 Å². The number of rotatable bonds is 5. The second-order valence-electron chi connectivity index (χ2n) is 7.20. The predicted octanol–water partition coefficient (Wildman–Crippen LogP) is 1.32. The van der Waals surface area contributed by atoms with Crippen LogP contribution in [-0.4, -0.2) is 77.1 Å². The van der Waals surface area contributed by atoms with Gasteiger partial charge in [-0.15, -0.1) is 0 Å². The number of benzene rings is 1. The SMILES string of the molecule is CCN1CCN(CC2(O)CCCN(Cc3ccc(F)cc3)C2=O)CC1. The lowest BCUT2D eigenvalue weighted by Crippen LogP contribution is -2.60. The molecule has 3 rings (SSSR count). The molecule has 2 aliphatic heterocycles. The summed E-state index contributed by atoms with van der Waals surface area (Å²) in [6.45, 7) is 8.42. The molecule has 0 bridgehead atoms. The minimum Gasteiger partial charge on any atom is -0.379 e. The van der Waals surface area contributed by atoms with Crippen molar-refractivity contribution < 1.29 is 14.3 Å². The number of aliphatic hydroxyl groups is 1. The number of hydrogen-bond donors (Lipinski definition) is 1. The Hall–Kier alpha value is -1.50. The van der Waals surface area contributed by atoms with E-state index in [4.69, 9.17) is 0 Å². The highest BCUT2D eigenvalue weighted by Crippen LogP contribution is 2.26. The van der Waals surface area contributed by atoms with E-state index in [9.17, 15) is 14.3 Å². The molecular weight excluding hydrogens is 321 g/mol. The van der Waals surface area contributed by atoms with E-state index in [1.807, 2.05) is 0 Å². The number of likely N-dealkylation sites (tertiary alicyclic amines) is 1. The molecule has 6 heteroatoms. The van der Waals surface area contributed by atoms with Crippen molar-refractivity contribution in [2.45, 2.75) is 31.9 Å². The molecule has 1 amide bonds. The number of halogens is 1. The van der Waals surface area contributed by atoms with Crippen molar-refractivity contribution >= 4 is 5.91 Å². The van der Waals surface area contributed by atoms with Gasteiger partial charge in [0.25, 0.3) is 5.91 Å². The first-order chi connectivity index (χ1) is 12.0. The fourth-order valence-electron chi connectivity index (χ4n) is 3.81. The molecule has 0 aliphatic carbocycles. The molecule has 0 saturated carbocycles. The Kier molecular flexibility index (Phi) is 5.71. The van der Waals surface area contributed by atoms with Crippen LogP contribution in [-0.2, 0) is 11.3 Å². The van der Waals surface area contributed by atoms with Crippen LogP contribution in [0.5, 0.6) is 0 Å². The van der Waals surface area contributed by atoms with Gasteiger partial charge in [-0.3, -0.25) is 9.69 Å². The fraction of sp³-hybridized carbons (Fsp3) is 0.632. The van der Waals surface area contributed by atoms with Gasteiger partial charge in [0.05, 0.1) is 0 Å². The number of carbonyl (C=O) groups is 1. The molecule has 1 aromatic rings. The van der Waals surface area contributed by atoms with Gasteiger partial charge in [0, 0.05) is 45.8 Å². The maximum atomic E-state index is 13.0. The Morgan fingerprint density at radius 3 is 2.36 bits per heavy atom. The van der Waals surface area contributed by atoms with E-state index in [0.29, 0.717) is 26.1 Å². The number of β-amino-alcohol motifs (C(OH)–C–C–N with tert-alkyl or cyclic N) is 1. The first-order valence-electron chi connectivity index (χ1n) is 9.21. The van der Waals surface area contributed by atoms with E-state index >= 15 is 0 Å². The highest BCUT2D eigenvalue weighted by molar-refractivity contribution is 5.86. The van der Waals surface area contributed by atoms with E-state index in [-0.39, 0.29) is 11.7 Å². The zero-order chi connectivity index (χ0) is 17.9. The van der Waals surface area contributed by atoms with Gasteiger partial charge in [-0.25, -0.2) is 4.39 Å². The lowest BCUT2D eigenvalue weighted by atomic mass is 9.90. The van der Waals surface area contributed by atoms with Crippen molar-refractivity contribution in [2.24, 2.45) is 0 Å². The van der Waals surface area contributed by atoms with E-state index in [1.54, 1.807) is 17.0 Å². The molecule has 2 fully saturated rings. The first kappa shape index (κ1) is 18.3. The molecule has 1 atom stereocenters. The van der Waals surface area contributed by atoms with Crippen LogP contribution in [0.4, 0.5) is 4.39 Å². The summed E-state index contributed by atoms with van der Waals surface area (Å²) in [7, 11) is 0. The smallest absolute Gasteiger partial charge is 0.256 e. The van der Waals surface area contributed by atoms with Crippen LogP contribution in [0.25, 0.3) is 0 Å². The average molecular weight is 349 g/mol. The largest absolute Gasteiger partial charge is 0.379 e. The summed E-state index contributed by atoms with van der Waals surface area (Å²) in [5.74, 6) is -0.475. The van der Waals surface area contributed by atoms with E-state index in [1.165, 1.54) is 12.1 Å². The molecule has 0 radical (unpaired) electrons. The number of amides is 1. The van der Waals surface area contributed by atoms with E-state index < -0.39 is 5.60 Å². The monoisotopic (exact) mass is 349 g/mol. The topological polar surface area (TPSA) is 47.0 Å². The first-order valence-corrected chi connectivity index (χ1v) is 9.21. The van der Waals surface area contributed by atoms with Gasteiger partial charge >= 0.3 is 0 Å². The second kappa shape index (κ2) is 7.81. The molecular formula is C19H28FN3O2. The molecule has 1 N–H and O–H groups in total. The number of piperazine rings is 1. The van der Waals surface area contributed by atoms with Gasteiger partial charge in [-0.2, -0.15) is 0 Å². The van der Waals surface area contributed by atoms with E-state index in [0.717, 1.165) is 44.7 Å². The summed E-state index contributed by atoms with van der Waals surface area (Å²) in [5.41, 5.74) is -0.414. The van der Waals surface area contributed by atoms with Crippen LogP contribution < -0.4 is 0 Å². The third-order valence-corrected chi connectivity index (χ3v) is 5.39. The number of nitrogens with zero attached hydrogens (tertiary/aromatic N) is 3. The van der Waals surface area contributed by atoms with Gasteiger partial charge in [0.1, 0.15) is 5.82 Å². The molecule has 0 spiro atoms. The van der Waals surface area contributed by atoms with Crippen LogP contribution in [0.3, 0.4) is 0 Å². The van der Waals surface area contributed by atoms with Crippen molar-refractivity contribution in [1.29, 1.82) is 0 Å². The fourth-order valence-corrected chi connectivity index (χ4v) is 3.81. The number of carbonyl (C=O) groups excluding carboxylic acids is 1. The van der Waals surface area contributed by atoms with Gasteiger partial charge in [-0.05, 0) is 37.1 Å². The molecule has 1 aromatic carbocycles. The highest BCUT2D eigenvalue weighted by Gasteiger charge is 2.43. The van der Waals surface area contributed by atoms with Crippen molar-refractivity contribution in [3.05, 3.63) is 35.6 Å². The number of piperidine rings is 1. The van der Waals surface area contributed by atoms with Gasteiger partial charge in [0.15, 0.2) is 5.60 Å². The third-order valence-electron chi connectivity index (χ3n) is 5.39. The van der Waals surface area contributed by atoms with Gasteiger partial charge in [0.2, 0.25) is 0 Å². The standard InChI is InChI=1S/C19H28FN3O2/c1-2-21-10-12-22(13-11-21)15-19(25)8-3-9-23(18(19)24)14-16-4-6-17(20)7-5-16/h4-7,25H,2-3,8-15H2,1H3. The summed E-state index contributed by atoms with van der Waals surface area (Å²) < 4.78 is 13.0. The zero-order valence-electron chi connectivity index (χ0n) is 15.0. The van der Waals surface area contributed by atoms with Gasteiger partial charge in [-0.1, -0.05) is 19.1 Å². The normalized spacial score (nSPS) is 26.2. The Labute approximate surface area is 149 Å². The predicted molar refractivity (Wildman–Crippen MR) is 94.6 cm³/mol. The van der Waals surface area contributed by atoms with Crippen LogP contribution in [0.15, 0.2) is 24.3 Å². The van der Waals surface area contributed by atoms with E-state index in [2.05, 4.69) is 16.7 Å². The maximum Gasteiger partial charge on any atom is 0.256 e. The molecule has 25 heavy (non-hydrogen) atoms. The summed E-state index contributed by atoms with van der Waals surface area (Å²) >= 11 is 0. The van der Waals surface area contributed by atoms with Crippen molar-refractivity contribution in [2.75, 3.05) is 45.8 Å². The Bertz CT molecular complexity index is 587. The van der Waals surface area contributed by atoms with Crippen LogP contribution in [0.2, 0.25) is 0 Å². The molecule has 138 valence electrons. The molecule has 2 heterocycles. The molecule has 0 aromatic heterocycles. The van der Waals surface area contributed by atoms with Crippen LogP contribution in [0.1, 0.15) is 25.3 Å². The maximum absolute atomic E-state index is 13.0. The van der Waals surface area contributed by atoms with Crippen molar-refractivity contribution in [3.63, 3.8) is 0 Å². The zero-order valence-corrected chi connectivity index (χ0v) is 15.0. The Morgan fingerprint density at radius 1 is 1.08 bits per heavy atom. The molecule has 5 nitrogen and oxygen atoms in total. The summed E-state index contributed by atoms with van der Waals surface area (Å²) in [6.07, 6.45) is 1.30. The Morgan fingerprint density at radius 2 is 1.72 bits per heavy atom. The third kappa shape index (κ3) is 4.37. The van der Waals surface area contributed by atoms with Crippen molar-refractivity contribution in [3.8, 4) is 0 Å². The number of likely N-dealkylation sites (N-methyl/N-ethyl adjacent to an activating group) is 1. The summed E-state index contributed by atoms with van der Waals surface area (Å²) in [4.78, 5) is 19.2. The molecule has 1 unspecified atom stereocenters. The van der Waals surface area contributed by atoms with Crippen LogP contribution >= 0.6 is 0 Å². The average Bonchev–Trinajstić information content (AvgIpc) is 2.62. The summed E-state index contributed by atoms with van der Waals surface area (Å²) in [6, 6.07) is 6.20. The second-order valence-corrected chi connectivity index (χ2v) is 7.20. The van der Waals surface area contributed by atoms with Gasteiger partial charge < -0.3 is 14.9 Å². The molecule has 2 aliphatic rings. The quantitative estimate of drug-likeness (QED) is 0.871. The highest BCUT2D eigenvalue weighted by atomic mass is 19.1. The minimum absolute atomic E-state index is 0.194. The van der Waals surface area contributed by atoms with Crippen LogP contribution in [0, 0.1) is 5.82 Å². The summed E-state index contributed by atoms with van der Waals surface area (Å²) in [5, 5.41) is 11.0.